The molecule has 0 unspecified atom stereocenters. The Bertz CT molecular complexity index is 515. The molecule has 7 heteroatoms. The van der Waals surface area contributed by atoms with Crippen LogP contribution < -0.4 is 10.2 Å². The van der Waals surface area contributed by atoms with Gasteiger partial charge in [-0.3, -0.25) is 20.0 Å². The fraction of sp³-hybridized carbons (Fsp3) is 0.500. The molecule has 104 valence electrons. The topological polar surface area (TPSA) is 58.6 Å². The zero-order chi connectivity index (χ0) is 14.0. The lowest BCUT2D eigenvalue weighted by atomic mass is 10.1. The summed E-state index contributed by atoms with van der Waals surface area (Å²) in [5, 5.41) is 1.40. The minimum absolute atomic E-state index is 0.0362. The second-order valence-electron chi connectivity index (χ2n) is 4.28. The molecular formula is C12H15BrN2O3S. The van der Waals surface area contributed by atoms with Crippen LogP contribution in [-0.2, 0) is 4.79 Å². The van der Waals surface area contributed by atoms with Crippen LogP contribution in [-0.4, -0.2) is 30.5 Å². The number of piperidine rings is 1. The largest absolute Gasteiger partial charge is 0.494 e. The highest BCUT2D eigenvalue weighted by molar-refractivity contribution is 9.10. The first kappa shape index (κ1) is 14.3. The van der Waals surface area contributed by atoms with Gasteiger partial charge in [0.15, 0.2) is 5.75 Å². The van der Waals surface area contributed by atoms with Gasteiger partial charge in [-0.2, -0.15) is 0 Å². The van der Waals surface area contributed by atoms with E-state index < -0.39 is 0 Å². The Morgan fingerprint density at radius 2 is 2.21 bits per heavy atom. The van der Waals surface area contributed by atoms with Gasteiger partial charge in [0.1, 0.15) is 4.88 Å². The molecule has 0 saturated carbocycles. The number of carbonyl (C=O) groups excluding carboxylic acids is 2. The molecule has 0 atom stereocenters. The second kappa shape index (κ2) is 5.92. The van der Waals surface area contributed by atoms with Gasteiger partial charge in [-0.25, -0.2) is 0 Å². The number of amides is 2. The van der Waals surface area contributed by atoms with Gasteiger partial charge in [0, 0.05) is 17.8 Å². The van der Waals surface area contributed by atoms with Crippen molar-refractivity contribution < 1.29 is 14.3 Å². The molecule has 0 aliphatic carbocycles. The van der Waals surface area contributed by atoms with Crippen molar-refractivity contribution in [1.82, 2.24) is 10.4 Å². The Balaban J connectivity index is 2.15. The highest BCUT2D eigenvalue weighted by Gasteiger charge is 2.25. The summed E-state index contributed by atoms with van der Waals surface area (Å²) in [5.41, 5.74) is 2.65. The Morgan fingerprint density at radius 1 is 1.47 bits per heavy atom. The molecule has 1 aromatic rings. The fourth-order valence-electron chi connectivity index (χ4n) is 1.93. The molecule has 1 fully saturated rings. The van der Waals surface area contributed by atoms with Crippen LogP contribution >= 0.6 is 27.3 Å². The van der Waals surface area contributed by atoms with E-state index in [1.165, 1.54) is 23.5 Å². The SMILES string of the molecule is COc1c(C(=O)NN2CCCCC2=O)sc(C)c1Br. The summed E-state index contributed by atoms with van der Waals surface area (Å²) in [6.45, 7) is 2.47. The van der Waals surface area contributed by atoms with Crippen molar-refractivity contribution in [2.75, 3.05) is 13.7 Å². The molecule has 2 heterocycles. The zero-order valence-electron chi connectivity index (χ0n) is 10.8. The minimum atomic E-state index is -0.300. The second-order valence-corrected chi connectivity index (χ2v) is 6.30. The number of hydrazine groups is 1. The van der Waals surface area contributed by atoms with Gasteiger partial charge in [-0.15, -0.1) is 11.3 Å². The Kier molecular flexibility index (Phi) is 4.46. The van der Waals surface area contributed by atoms with E-state index in [1.807, 2.05) is 6.92 Å². The Labute approximate surface area is 124 Å². The van der Waals surface area contributed by atoms with Crippen molar-refractivity contribution >= 4 is 39.1 Å². The first-order valence-electron chi connectivity index (χ1n) is 5.98. The zero-order valence-corrected chi connectivity index (χ0v) is 13.2. The number of halogens is 1. The standard InChI is InChI=1S/C12H15BrN2O3S/c1-7-9(13)10(18-2)11(19-7)12(17)14-15-6-4-3-5-8(15)16/h3-6H2,1-2H3,(H,14,17). The minimum Gasteiger partial charge on any atom is -0.494 e. The molecular weight excluding hydrogens is 332 g/mol. The van der Waals surface area contributed by atoms with E-state index in [4.69, 9.17) is 4.74 Å². The first-order valence-corrected chi connectivity index (χ1v) is 7.59. The van der Waals surface area contributed by atoms with Crippen LogP contribution in [0.5, 0.6) is 5.75 Å². The summed E-state index contributed by atoms with van der Waals surface area (Å²) >= 11 is 4.73. The summed E-state index contributed by atoms with van der Waals surface area (Å²) in [7, 11) is 1.52. The molecule has 1 aliphatic rings. The average molecular weight is 347 g/mol. The number of ether oxygens (including phenoxy) is 1. The van der Waals surface area contributed by atoms with Crippen molar-refractivity contribution in [3.05, 3.63) is 14.2 Å². The van der Waals surface area contributed by atoms with E-state index in [9.17, 15) is 9.59 Å². The Morgan fingerprint density at radius 3 is 2.84 bits per heavy atom. The number of rotatable bonds is 3. The van der Waals surface area contributed by atoms with Crippen molar-refractivity contribution in [2.24, 2.45) is 0 Å². The van der Waals surface area contributed by atoms with Crippen molar-refractivity contribution in [3.8, 4) is 5.75 Å². The molecule has 0 radical (unpaired) electrons. The van der Waals surface area contributed by atoms with E-state index >= 15 is 0 Å². The predicted molar refractivity (Wildman–Crippen MR) is 76.3 cm³/mol. The molecule has 2 rings (SSSR count). The molecule has 5 nitrogen and oxygen atoms in total. The number of thiophene rings is 1. The van der Waals surface area contributed by atoms with Crippen LogP contribution in [0.2, 0.25) is 0 Å². The molecule has 0 spiro atoms. The van der Waals surface area contributed by atoms with Crippen LogP contribution in [0.25, 0.3) is 0 Å². The highest BCUT2D eigenvalue weighted by atomic mass is 79.9. The number of aryl methyl sites for hydroxylation is 1. The van der Waals surface area contributed by atoms with Gasteiger partial charge < -0.3 is 4.74 Å². The van der Waals surface area contributed by atoms with Crippen molar-refractivity contribution in [1.29, 1.82) is 0 Å². The van der Waals surface area contributed by atoms with Crippen molar-refractivity contribution in [3.63, 3.8) is 0 Å². The molecule has 1 aliphatic heterocycles. The maximum absolute atomic E-state index is 12.2. The molecule has 1 aromatic heterocycles. The van der Waals surface area contributed by atoms with Gasteiger partial charge in [0.05, 0.1) is 11.6 Å². The number of hydrogen-bond donors (Lipinski definition) is 1. The van der Waals surface area contributed by atoms with Crippen molar-refractivity contribution in [2.45, 2.75) is 26.2 Å². The first-order chi connectivity index (χ1) is 9.04. The average Bonchev–Trinajstić information content (AvgIpc) is 2.68. The van der Waals surface area contributed by atoms with Crippen LogP contribution in [0.15, 0.2) is 4.47 Å². The molecule has 0 bridgehead atoms. The third-order valence-electron chi connectivity index (χ3n) is 2.94. The third-order valence-corrected chi connectivity index (χ3v) is 5.24. The van der Waals surface area contributed by atoms with Crippen LogP contribution in [0.4, 0.5) is 0 Å². The molecule has 1 saturated heterocycles. The number of nitrogens with one attached hydrogen (secondary N) is 1. The predicted octanol–water partition coefficient (Wildman–Crippen LogP) is 2.48. The quantitative estimate of drug-likeness (QED) is 0.914. The summed E-state index contributed by atoms with van der Waals surface area (Å²) in [4.78, 5) is 25.3. The number of nitrogens with zero attached hydrogens (tertiary/aromatic N) is 1. The normalized spacial score (nSPS) is 15.5. The highest BCUT2D eigenvalue weighted by Crippen LogP contribution is 2.39. The summed E-state index contributed by atoms with van der Waals surface area (Å²) in [6, 6.07) is 0. The van der Waals surface area contributed by atoms with E-state index in [1.54, 1.807) is 0 Å². The lowest BCUT2D eigenvalue weighted by Gasteiger charge is -2.26. The van der Waals surface area contributed by atoms with Gasteiger partial charge in [0.2, 0.25) is 5.91 Å². The number of hydrogen-bond acceptors (Lipinski definition) is 4. The van der Waals surface area contributed by atoms with E-state index in [2.05, 4.69) is 21.4 Å². The summed E-state index contributed by atoms with van der Waals surface area (Å²) in [5.74, 6) is 0.182. The van der Waals surface area contributed by atoms with Crippen LogP contribution in [0, 0.1) is 6.92 Å². The molecule has 0 aromatic carbocycles. The number of carbonyl (C=O) groups is 2. The van der Waals surface area contributed by atoms with Crippen LogP contribution in [0.3, 0.4) is 0 Å². The molecule has 2 amide bonds. The third kappa shape index (κ3) is 2.92. The lowest BCUT2D eigenvalue weighted by molar-refractivity contribution is -0.135. The number of methoxy groups -OCH3 is 1. The molecule has 19 heavy (non-hydrogen) atoms. The van der Waals surface area contributed by atoms with E-state index in [0.717, 1.165) is 22.2 Å². The fourth-order valence-corrected chi connectivity index (χ4v) is 3.57. The maximum Gasteiger partial charge on any atom is 0.283 e. The Hall–Kier alpha value is -1.08. The maximum atomic E-state index is 12.2. The monoisotopic (exact) mass is 346 g/mol. The molecule has 1 N–H and O–H groups in total. The van der Waals surface area contributed by atoms with Gasteiger partial charge in [-0.05, 0) is 35.7 Å². The van der Waals surface area contributed by atoms with E-state index in [0.29, 0.717) is 23.6 Å². The summed E-state index contributed by atoms with van der Waals surface area (Å²) < 4.78 is 6.02. The summed E-state index contributed by atoms with van der Waals surface area (Å²) in [6.07, 6.45) is 2.29. The van der Waals surface area contributed by atoms with Gasteiger partial charge in [-0.1, -0.05) is 0 Å². The smallest absolute Gasteiger partial charge is 0.283 e. The van der Waals surface area contributed by atoms with Crippen LogP contribution in [0.1, 0.15) is 33.8 Å². The van der Waals surface area contributed by atoms with Gasteiger partial charge in [0.25, 0.3) is 5.91 Å². The van der Waals surface area contributed by atoms with Gasteiger partial charge >= 0.3 is 0 Å². The van der Waals surface area contributed by atoms with E-state index in [-0.39, 0.29) is 11.8 Å². The lowest BCUT2D eigenvalue weighted by Crippen LogP contribution is -2.48.